The molecule has 2 heterocycles. The van der Waals surface area contributed by atoms with E-state index in [1.165, 1.54) is 52.0 Å². The first-order chi connectivity index (χ1) is 6.42. The van der Waals surface area contributed by atoms with Crippen LogP contribution in [0.25, 0.3) is 0 Å². The number of nitrogens with zero attached hydrogens (tertiary/aromatic N) is 1. The van der Waals surface area contributed by atoms with Gasteiger partial charge in [0, 0.05) is 13.1 Å². The summed E-state index contributed by atoms with van der Waals surface area (Å²) < 4.78 is 0. The maximum absolute atomic E-state index is 3.50. The molecule has 2 saturated heterocycles. The van der Waals surface area contributed by atoms with Crippen molar-refractivity contribution < 1.29 is 0 Å². The molecule has 2 nitrogen and oxygen atoms in total. The number of rotatable bonds is 3. The minimum Gasteiger partial charge on any atom is -0.316 e. The molecule has 13 heavy (non-hydrogen) atoms. The summed E-state index contributed by atoms with van der Waals surface area (Å²) in [6, 6.07) is 0. The van der Waals surface area contributed by atoms with Crippen LogP contribution in [0.5, 0.6) is 0 Å². The molecular formula is C11H20N2. The summed E-state index contributed by atoms with van der Waals surface area (Å²) in [5.74, 6) is 3.08. The van der Waals surface area contributed by atoms with E-state index in [1.807, 2.05) is 0 Å². The summed E-state index contributed by atoms with van der Waals surface area (Å²) in [5, 5.41) is 3.50. The third-order valence-electron chi connectivity index (χ3n) is 4.02. The Labute approximate surface area is 80.7 Å². The minimum absolute atomic E-state index is 0.985. The lowest BCUT2D eigenvalue weighted by Crippen LogP contribution is -2.26. The lowest BCUT2D eigenvalue weighted by atomic mass is 10.0. The number of nitrogens with one attached hydrogen (secondary N) is 1. The monoisotopic (exact) mass is 180 g/mol. The lowest BCUT2D eigenvalue weighted by molar-refractivity contribution is 0.303. The normalized spacial score (nSPS) is 39.7. The van der Waals surface area contributed by atoms with Crippen LogP contribution in [-0.4, -0.2) is 37.6 Å². The van der Waals surface area contributed by atoms with Crippen molar-refractivity contribution in [2.75, 3.05) is 32.7 Å². The van der Waals surface area contributed by atoms with Crippen molar-refractivity contribution in [3.63, 3.8) is 0 Å². The van der Waals surface area contributed by atoms with E-state index in [9.17, 15) is 0 Å². The van der Waals surface area contributed by atoms with Crippen molar-refractivity contribution in [1.82, 2.24) is 10.2 Å². The first kappa shape index (κ1) is 8.25. The van der Waals surface area contributed by atoms with E-state index in [4.69, 9.17) is 0 Å². The van der Waals surface area contributed by atoms with Gasteiger partial charge in [-0.2, -0.15) is 0 Å². The Hall–Kier alpha value is -0.0800. The van der Waals surface area contributed by atoms with E-state index in [-0.39, 0.29) is 0 Å². The molecular weight excluding hydrogens is 160 g/mol. The molecule has 0 aromatic heterocycles. The summed E-state index contributed by atoms with van der Waals surface area (Å²) in [5.41, 5.74) is 0. The Morgan fingerprint density at radius 1 is 1.08 bits per heavy atom. The molecule has 1 saturated carbocycles. The van der Waals surface area contributed by atoms with Crippen molar-refractivity contribution >= 4 is 0 Å². The fourth-order valence-corrected chi connectivity index (χ4v) is 2.91. The van der Waals surface area contributed by atoms with Crippen molar-refractivity contribution in [1.29, 1.82) is 0 Å². The van der Waals surface area contributed by atoms with Gasteiger partial charge in [-0.15, -0.1) is 0 Å². The highest BCUT2D eigenvalue weighted by atomic mass is 15.2. The molecule has 3 fully saturated rings. The van der Waals surface area contributed by atoms with E-state index in [0.29, 0.717) is 0 Å². The highest BCUT2D eigenvalue weighted by molar-refractivity contribution is 4.91. The Morgan fingerprint density at radius 2 is 1.77 bits per heavy atom. The first-order valence-corrected chi connectivity index (χ1v) is 5.85. The van der Waals surface area contributed by atoms with Gasteiger partial charge in [0.2, 0.25) is 0 Å². The van der Waals surface area contributed by atoms with E-state index < -0.39 is 0 Å². The fraction of sp³-hybridized carbons (Fsp3) is 1.00. The van der Waals surface area contributed by atoms with Crippen LogP contribution in [0.15, 0.2) is 0 Å². The summed E-state index contributed by atoms with van der Waals surface area (Å²) in [7, 11) is 0. The molecule has 0 aromatic carbocycles. The van der Waals surface area contributed by atoms with E-state index >= 15 is 0 Å². The summed E-state index contributed by atoms with van der Waals surface area (Å²) >= 11 is 0. The second kappa shape index (κ2) is 3.25. The fourth-order valence-electron chi connectivity index (χ4n) is 2.91. The molecule has 74 valence electrons. The Balaban J connectivity index is 1.46. The third kappa shape index (κ3) is 1.75. The average molecular weight is 180 g/mol. The Kier molecular flexibility index (Phi) is 2.06. The summed E-state index contributed by atoms with van der Waals surface area (Å²) in [4.78, 5) is 2.70. The summed E-state index contributed by atoms with van der Waals surface area (Å²) in [6.07, 6.45) is 4.51. The molecule has 1 aliphatic carbocycles. The molecule has 0 bridgehead atoms. The number of hydrogen-bond donors (Lipinski definition) is 1. The van der Waals surface area contributed by atoms with Gasteiger partial charge in [0.05, 0.1) is 0 Å². The molecule has 3 aliphatic rings. The van der Waals surface area contributed by atoms with Gasteiger partial charge in [0.1, 0.15) is 0 Å². The van der Waals surface area contributed by atoms with Gasteiger partial charge >= 0.3 is 0 Å². The van der Waals surface area contributed by atoms with Crippen LogP contribution in [0.4, 0.5) is 0 Å². The van der Waals surface area contributed by atoms with Crippen molar-refractivity contribution in [3.05, 3.63) is 0 Å². The molecule has 2 aliphatic heterocycles. The molecule has 0 aromatic rings. The standard InChI is InChI=1S/C11H20N2/c1-2-9(1)3-4-13-7-10-5-12-6-11(10)8-13/h9-12H,1-8H2. The van der Waals surface area contributed by atoms with Gasteiger partial charge in [0.25, 0.3) is 0 Å². The molecule has 2 heteroatoms. The second-order valence-electron chi connectivity index (χ2n) is 5.17. The lowest BCUT2D eigenvalue weighted by Gasteiger charge is -2.16. The molecule has 0 spiro atoms. The van der Waals surface area contributed by atoms with Gasteiger partial charge < -0.3 is 10.2 Å². The van der Waals surface area contributed by atoms with Crippen LogP contribution in [0, 0.1) is 17.8 Å². The van der Waals surface area contributed by atoms with Gasteiger partial charge in [-0.3, -0.25) is 0 Å². The largest absolute Gasteiger partial charge is 0.316 e. The maximum atomic E-state index is 3.50. The van der Waals surface area contributed by atoms with Gasteiger partial charge in [-0.05, 0) is 43.8 Å². The average Bonchev–Trinajstić information content (AvgIpc) is 2.71. The van der Waals surface area contributed by atoms with Crippen LogP contribution in [0.2, 0.25) is 0 Å². The predicted octanol–water partition coefficient (Wildman–Crippen LogP) is 0.938. The van der Waals surface area contributed by atoms with Crippen LogP contribution in [0.3, 0.4) is 0 Å². The topological polar surface area (TPSA) is 15.3 Å². The van der Waals surface area contributed by atoms with Gasteiger partial charge in [0.15, 0.2) is 0 Å². The Bertz CT molecular complexity index is 177. The molecule has 0 radical (unpaired) electrons. The van der Waals surface area contributed by atoms with E-state index in [1.54, 1.807) is 0 Å². The van der Waals surface area contributed by atoms with Crippen LogP contribution in [-0.2, 0) is 0 Å². The highest BCUT2D eigenvalue weighted by Crippen LogP contribution is 2.34. The van der Waals surface area contributed by atoms with Crippen LogP contribution in [0.1, 0.15) is 19.3 Å². The Morgan fingerprint density at radius 3 is 2.38 bits per heavy atom. The van der Waals surface area contributed by atoms with E-state index in [0.717, 1.165) is 17.8 Å². The zero-order valence-corrected chi connectivity index (χ0v) is 8.34. The summed E-state index contributed by atoms with van der Waals surface area (Å²) in [6.45, 7) is 6.71. The second-order valence-corrected chi connectivity index (χ2v) is 5.17. The quantitative estimate of drug-likeness (QED) is 0.695. The molecule has 0 amide bonds. The molecule has 2 atom stereocenters. The number of likely N-dealkylation sites (tertiary alicyclic amines) is 1. The SMILES string of the molecule is C1CC1CCN1CC2CNCC2C1. The smallest absolute Gasteiger partial charge is 0.00255 e. The molecule has 3 rings (SSSR count). The number of fused-ring (bicyclic) bond motifs is 1. The number of hydrogen-bond acceptors (Lipinski definition) is 2. The van der Waals surface area contributed by atoms with Crippen molar-refractivity contribution in [2.24, 2.45) is 17.8 Å². The van der Waals surface area contributed by atoms with Crippen LogP contribution < -0.4 is 5.32 Å². The minimum atomic E-state index is 0.985. The van der Waals surface area contributed by atoms with Crippen LogP contribution >= 0.6 is 0 Å². The maximum Gasteiger partial charge on any atom is 0.00255 e. The zero-order chi connectivity index (χ0) is 8.67. The third-order valence-corrected chi connectivity index (χ3v) is 4.02. The van der Waals surface area contributed by atoms with Gasteiger partial charge in [-0.25, -0.2) is 0 Å². The van der Waals surface area contributed by atoms with Crippen molar-refractivity contribution in [3.8, 4) is 0 Å². The highest BCUT2D eigenvalue weighted by Gasteiger charge is 2.36. The van der Waals surface area contributed by atoms with Gasteiger partial charge in [-0.1, -0.05) is 12.8 Å². The van der Waals surface area contributed by atoms with E-state index in [2.05, 4.69) is 10.2 Å². The molecule has 1 N–H and O–H groups in total. The van der Waals surface area contributed by atoms with Crippen molar-refractivity contribution in [2.45, 2.75) is 19.3 Å². The predicted molar refractivity (Wildman–Crippen MR) is 53.6 cm³/mol. The first-order valence-electron chi connectivity index (χ1n) is 5.85. The molecule has 2 unspecified atom stereocenters. The zero-order valence-electron chi connectivity index (χ0n) is 8.34.